The SMILES string of the molecule is CC(CCc1ccc(I)cc1)CC(C)OC(=O)OC(C)CC(C)CCc1ccc(I)cc1. The molecule has 3 nitrogen and oxygen atoms in total. The van der Waals surface area contributed by atoms with Crippen LogP contribution in [-0.2, 0) is 22.3 Å². The number of benzene rings is 2. The molecule has 0 heterocycles. The van der Waals surface area contributed by atoms with E-state index in [2.05, 4.69) is 108 Å². The lowest BCUT2D eigenvalue weighted by Crippen LogP contribution is -2.23. The van der Waals surface area contributed by atoms with Crippen molar-refractivity contribution < 1.29 is 14.3 Å². The quantitative estimate of drug-likeness (QED) is 0.169. The molecule has 2 rings (SSSR count). The molecule has 0 radical (unpaired) electrons. The summed E-state index contributed by atoms with van der Waals surface area (Å²) in [5, 5.41) is 0. The zero-order valence-corrected chi connectivity index (χ0v) is 24.0. The summed E-state index contributed by atoms with van der Waals surface area (Å²) in [7, 11) is 0. The van der Waals surface area contributed by atoms with Gasteiger partial charge in [-0.1, -0.05) is 38.1 Å². The Balaban J connectivity index is 1.62. The van der Waals surface area contributed by atoms with Gasteiger partial charge >= 0.3 is 6.16 Å². The first-order chi connectivity index (χ1) is 15.2. The zero-order valence-electron chi connectivity index (χ0n) is 19.7. The molecule has 0 amide bonds. The smallest absolute Gasteiger partial charge is 0.431 e. The molecular formula is C27H36I2O3. The maximum absolute atomic E-state index is 12.2. The second kappa shape index (κ2) is 14.4. The summed E-state index contributed by atoms with van der Waals surface area (Å²) >= 11 is 4.65. The minimum atomic E-state index is -0.542. The second-order valence-electron chi connectivity index (χ2n) is 9.12. The van der Waals surface area contributed by atoms with E-state index in [1.54, 1.807) is 0 Å². The van der Waals surface area contributed by atoms with Gasteiger partial charge in [-0.15, -0.1) is 0 Å². The minimum Gasteiger partial charge on any atom is -0.431 e. The topological polar surface area (TPSA) is 35.5 Å². The summed E-state index contributed by atoms with van der Waals surface area (Å²) in [5.74, 6) is 0.964. The molecule has 176 valence electrons. The lowest BCUT2D eigenvalue weighted by Gasteiger charge is -2.21. The van der Waals surface area contributed by atoms with Crippen molar-refractivity contribution in [2.24, 2.45) is 11.8 Å². The Morgan fingerprint density at radius 1 is 0.688 bits per heavy atom. The Labute approximate surface area is 221 Å². The fraction of sp³-hybridized carbons (Fsp3) is 0.519. The lowest BCUT2D eigenvalue weighted by atomic mass is 9.96. The molecule has 5 heteroatoms. The van der Waals surface area contributed by atoms with Crippen LogP contribution in [0.2, 0.25) is 0 Å². The van der Waals surface area contributed by atoms with Gasteiger partial charge in [0, 0.05) is 7.14 Å². The number of ether oxygens (including phenoxy) is 2. The normalized spacial score (nSPS) is 14.9. The van der Waals surface area contributed by atoms with E-state index in [0.717, 1.165) is 38.5 Å². The Bertz CT molecular complexity index is 737. The van der Waals surface area contributed by atoms with Gasteiger partial charge < -0.3 is 9.47 Å². The standard InChI is InChI=1S/C27H36I2O3/c1-19(5-7-23-9-13-25(28)14-10-23)17-21(3)31-27(30)32-22(4)18-20(2)6-8-24-11-15-26(29)16-12-24/h9-16,19-22H,5-8,17-18H2,1-4H3. The van der Waals surface area contributed by atoms with Gasteiger partial charge in [0.2, 0.25) is 0 Å². The van der Waals surface area contributed by atoms with Gasteiger partial charge in [0.25, 0.3) is 0 Å². The van der Waals surface area contributed by atoms with E-state index in [0.29, 0.717) is 11.8 Å². The molecule has 0 spiro atoms. The number of hydrogen-bond acceptors (Lipinski definition) is 3. The second-order valence-corrected chi connectivity index (χ2v) is 11.6. The molecule has 4 unspecified atom stereocenters. The molecule has 0 saturated heterocycles. The predicted molar refractivity (Wildman–Crippen MR) is 149 cm³/mol. The average Bonchev–Trinajstić information content (AvgIpc) is 2.72. The average molecular weight is 662 g/mol. The fourth-order valence-corrected chi connectivity index (χ4v) is 4.67. The van der Waals surface area contributed by atoms with Crippen molar-refractivity contribution in [1.29, 1.82) is 0 Å². The van der Waals surface area contributed by atoms with Gasteiger partial charge in [-0.3, -0.25) is 0 Å². The highest BCUT2D eigenvalue weighted by atomic mass is 127. The highest BCUT2D eigenvalue weighted by Gasteiger charge is 2.18. The molecule has 32 heavy (non-hydrogen) atoms. The largest absolute Gasteiger partial charge is 0.508 e. The summed E-state index contributed by atoms with van der Waals surface area (Å²) in [4.78, 5) is 12.2. The molecule has 0 bridgehead atoms. The van der Waals surface area contributed by atoms with E-state index in [1.165, 1.54) is 18.3 Å². The van der Waals surface area contributed by atoms with E-state index < -0.39 is 6.16 Å². The molecule has 2 aromatic rings. The Morgan fingerprint density at radius 2 is 1.03 bits per heavy atom. The maximum Gasteiger partial charge on any atom is 0.508 e. The van der Waals surface area contributed by atoms with Crippen LogP contribution in [0.1, 0.15) is 64.5 Å². The molecule has 0 saturated carbocycles. The number of halogens is 2. The molecule has 2 aromatic carbocycles. The summed E-state index contributed by atoms with van der Waals surface area (Å²) < 4.78 is 13.6. The molecule has 0 aliphatic heterocycles. The highest BCUT2D eigenvalue weighted by molar-refractivity contribution is 14.1. The van der Waals surface area contributed by atoms with Crippen molar-refractivity contribution in [3.05, 3.63) is 66.8 Å². The first-order valence-electron chi connectivity index (χ1n) is 11.6. The third-order valence-corrected chi connectivity index (χ3v) is 7.18. The van der Waals surface area contributed by atoms with Gasteiger partial charge in [0.1, 0.15) is 12.2 Å². The molecule has 4 atom stereocenters. The van der Waals surface area contributed by atoms with Gasteiger partial charge in [-0.05, 0) is 145 Å². The summed E-state index contributed by atoms with van der Waals surface area (Å²) in [6.45, 7) is 8.35. The lowest BCUT2D eigenvalue weighted by molar-refractivity contribution is -0.00304. The van der Waals surface area contributed by atoms with E-state index in [1.807, 2.05) is 13.8 Å². The van der Waals surface area contributed by atoms with Gasteiger partial charge in [-0.2, -0.15) is 0 Å². The third kappa shape index (κ3) is 11.3. The zero-order chi connectivity index (χ0) is 23.5. The van der Waals surface area contributed by atoms with Crippen LogP contribution < -0.4 is 0 Å². The van der Waals surface area contributed by atoms with E-state index >= 15 is 0 Å². The Hall–Kier alpha value is -0.830. The van der Waals surface area contributed by atoms with E-state index in [-0.39, 0.29) is 12.2 Å². The third-order valence-electron chi connectivity index (χ3n) is 5.74. The van der Waals surface area contributed by atoms with Crippen LogP contribution in [-0.4, -0.2) is 18.4 Å². The molecule has 0 aromatic heterocycles. The number of aryl methyl sites for hydroxylation is 2. The highest BCUT2D eigenvalue weighted by Crippen LogP contribution is 2.20. The number of hydrogen-bond donors (Lipinski definition) is 0. The molecule has 0 aliphatic rings. The maximum atomic E-state index is 12.2. The van der Waals surface area contributed by atoms with Gasteiger partial charge in [-0.25, -0.2) is 4.79 Å². The molecule has 0 N–H and O–H groups in total. The van der Waals surface area contributed by atoms with Crippen LogP contribution in [0.5, 0.6) is 0 Å². The van der Waals surface area contributed by atoms with Crippen LogP contribution in [0.4, 0.5) is 4.79 Å². The van der Waals surface area contributed by atoms with Crippen LogP contribution in [0.15, 0.2) is 48.5 Å². The monoisotopic (exact) mass is 662 g/mol. The fourth-order valence-electron chi connectivity index (χ4n) is 3.95. The Kier molecular flexibility index (Phi) is 12.4. The van der Waals surface area contributed by atoms with Crippen molar-refractivity contribution in [2.45, 2.75) is 78.4 Å². The Morgan fingerprint density at radius 3 is 1.38 bits per heavy atom. The predicted octanol–water partition coefficient (Wildman–Crippen LogP) is 8.44. The van der Waals surface area contributed by atoms with Crippen molar-refractivity contribution in [3.8, 4) is 0 Å². The summed E-state index contributed by atoms with van der Waals surface area (Å²) in [5.41, 5.74) is 2.71. The van der Waals surface area contributed by atoms with Gasteiger partial charge in [0.05, 0.1) is 0 Å². The number of rotatable bonds is 12. The molecule has 0 fully saturated rings. The molecular weight excluding hydrogens is 626 g/mol. The van der Waals surface area contributed by atoms with E-state index in [9.17, 15) is 4.79 Å². The van der Waals surface area contributed by atoms with Crippen molar-refractivity contribution in [2.75, 3.05) is 0 Å². The number of carbonyl (C=O) groups excluding carboxylic acids is 1. The van der Waals surface area contributed by atoms with Crippen LogP contribution >= 0.6 is 45.2 Å². The van der Waals surface area contributed by atoms with Crippen molar-refractivity contribution >= 4 is 51.3 Å². The molecule has 0 aliphatic carbocycles. The number of carbonyl (C=O) groups is 1. The van der Waals surface area contributed by atoms with Crippen LogP contribution in [0.25, 0.3) is 0 Å². The first-order valence-corrected chi connectivity index (χ1v) is 13.7. The minimum absolute atomic E-state index is 0.139. The summed E-state index contributed by atoms with van der Waals surface area (Å²) in [6.07, 6.45) is 5.13. The first kappa shape index (κ1) is 27.4. The van der Waals surface area contributed by atoms with E-state index in [4.69, 9.17) is 9.47 Å². The van der Waals surface area contributed by atoms with Gasteiger partial charge in [0.15, 0.2) is 0 Å². The van der Waals surface area contributed by atoms with Crippen LogP contribution in [0, 0.1) is 19.0 Å². The summed E-state index contributed by atoms with van der Waals surface area (Å²) in [6, 6.07) is 17.3. The van der Waals surface area contributed by atoms with Crippen LogP contribution in [0.3, 0.4) is 0 Å². The van der Waals surface area contributed by atoms with Crippen molar-refractivity contribution in [1.82, 2.24) is 0 Å². The van der Waals surface area contributed by atoms with Crippen molar-refractivity contribution in [3.63, 3.8) is 0 Å².